The third kappa shape index (κ3) is 5.07. The van der Waals surface area contributed by atoms with Gasteiger partial charge < -0.3 is 9.64 Å². The van der Waals surface area contributed by atoms with Crippen molar-refractivity contribution >= 4 is 5.91 Å². The Morgan fingerprint density at radius 2 is 1.81 bits per heavy atom. The van der Waals surface area contributed by atoms with Crippen LogP contribution in [-0.4, -0.2) is 23.9 Å². The summed E-state index contributed by atoms with van der Waals surface area (Å²) in [6.45, 7) is 4.13. The molecule has 1 saturated heterocycles. The number of hydrogen-bond acceptors (Lipinski definition) is 2. The second-order valence-electron chi connectivity index (χ2n) is 6.94. The number of benzene rings is 2. The molecule has 0 unspecified atom stereocenters. The number of nitrogens with zero attached hydrogens (tertiary/aromatic N) is 1. The van der Waals surface area contributed by atoms with Crippen LogP contribution < -0.4 is 4.74 Å². The van der Waals surface area contributed by atoms with Crippen LogP contribution in [0.25, 0.3) is 0 Å². The lowest BCUT2D eigenvalue weighted by Crippen LogP contribution is -2.38. The van der Waals surface area contributed by atoms with Gasteiger partial charge in [-0.2, -0.15) is 0 Å². The Kier molecular flexibility index (Phi) is 6.26. The van der Waals surface area contributed by atoms with E-state index in [4.69, 9.17) is 4.74 Å². The maximum absolute atomic E-state index is 13.2. The fraction of sp³-hybridized carbons (Fsp3) is 0.409. The van der Waals surface area contributed by atoms with Gasteiger partial charge in [-0.1, -0.05) is 37.3 Å². The summed E-state index contributed by atoms with van der Waals surface area (Å²) in [5, 5.41) is 0. The Morgan fingerprint density at radius 1 is 1.12 bits per heavy atom. The van der Waals surface area contributed by atoms with E-state index in [1.807, 2.05) is 11.8 Å². The van der Waals surface area contributed by atoms with Crippen molar-refractivity contribution in [2.75, 3.05) is 13.1 Å². The molecule has 0 spiro atoms. The first-order chi connectivity index (χ1) is 12.6. The number of rotatable bonds is 6. The molecule has 4 heteroatoms. The molecule has 1 amide bonds. The maximum atomic E-state index is 13.2. The minimum atomic E-state index is -0.287. The number of hydrogen-bond donors (Lipinski definition) is 0. The monoisotopic (exact) mass is 355 g/mol. The van der Waals surface area contributed by atoms with Crippen LogP contribution in [0, 0.1) is 11.7 Å². The number of carbonyl (C=O) groups is 1. The van der Waals surface area contributed by atoms with E-state index >= 15 is 0 Å². The molecule has 2 aromatic rings. The van der Waals surface area contributed by atoms with Gasteiger partial charge in [0.05, 0.1) is 0 Å². The van der Waals surface area contributed by atoms with Crippen molar-refractivity contribution in [1.29, 1.82) is 0 Å². The molecular formula is C22H26FNO2. The number of halogens is 1. The molecule has 3 rings (SSSR count). The minimum absolute atomic E-state index is 0.270. The first-order valence-corrected chi connectivity index (χ1v) is 9.38. The molecule has 0 N–H and O–H groups in total. The summed E-state index contributed by atoms with van der Waals surface area (Å²) in [6, 6.07) is 14.6. The van der Waals surface area contributed by atoms with E-state index in [-0.39, 0.29) is 11.7 Å². The summed E-state index contributed by atoms with van der Waals surface area (Å²) in [7, 11) is 0. The summed E-state index contributed by atoms with van der Waals surface area (Å²) < 4.78 is 18.8. The first kappa shape index (κ1) is 18.4. The van der Waals surface area contributed by atoms with Gasteiger partial charge in [0.25, 0.3) is 0 Å². The molecule has 0 bridgehead atoms. The van der Waals surface area contributed by atoms with Gasteiger partial charge in [0.2, 0.25) is 5.91 Å². The van der Waals surface area contributed by atoms with Gasteiger partial charge in [0.15, 0.2) is 0 Å². The highest BCUT2D eigenvalue weighted by Crippen LogP contribution is 2.22. The number of likely N-dealkylation sites (tertiary alicyclic amines) is 1. The Bertz CT molecular complexity index is 721. The zero-order chi connectivity index (χ0) is 18.4. The number of piperidine rings is 1. The van der Waals surface area contributed by atoms with E-state index in [0.717, 1.165) is 37.9 Å². The van der Waals surface area contributed by atoms with Crippen molar-refractivity contribution < 1.29 is 13.9 Å². The Morgan fingerprint density at radius 3 is 2.46 bits per heavy atom. The van der Waals surface area contributed by atoms with Crippen LogP contribution in [0.1, 0.15) is 37.3 Å². The molecule has 0 saturated carbocycles. The number of ether oxygens (including phenoxy) is 1. The van der Waals surface area contributed by atoms with Crippen molar-refractivity contribution in [3.63, 3.8) is 0 Å². The van der Waals surface area contributed by atoms with Crippen LogP contribution >= 0.6 is 0 Å². The highest BCUT2D eigenvalue weighted by atomic mass is 19.1. The second-order valence-corrected chi connectivity index (χ2v) is 6.94. The number of carbonyl (C=O) groups excluding carboxylic acids is 1. The van der Waals surface area contributed by atoms with Gasteiger partial charge in [-0.25, -0.2) is 4.39 Å². The highest BCUT2D eigenvalue weighted by Gasteiger charge is 2.21. The fourth-order valence-electron chi connectivity index (χ4n) is 3.44. The molecule has 3 nitrogen and oxygen atoms in total. The van der Waals surface area contributed by atoms with Crippen molar-refractivity contribution in [3.8, 4) is 5.75 Å². The van der Waals surface area contributed by atoms with Gasteiger partial charge in [-0.3, -0.25) is 4.79 Å². The molecule has 0 radical (unpaired) electrons. The van der Waals surface area contributed by atoms with Crippen LogP contribution in [0.5, 0.6) is 5.75 Å². The highest BCUT2D eigenvalue weighted by molar-refractivity contribution is 5.75. The van der Waals surface area contributed by atoms with E-state index in [1.54, 1.807) is 12.1 Å². The molecule has 1 fully saturated rings. The smallest absolute Gasteiger partial charge is 0.222 e. The van der Waals surface area contributed by atoms with Crippen molar-refractivity contribution in [2.24, 2.45) is 5.92 Å². The predicted molar refractivity (Wildman–Crippen MR) is 100 cm³/mol. The molecule has 26 heavy (non-hydrogen) atoms. The lowest BCUT2D eigenvalue weighted by atomic mass is 9.90. The van der Waals surface area contributed by atoms with Crippen molar-refractivity contribution in [1.82, 2.24) is 4.90 Å². The fourth-order valence-corrected chi connectivity index (χ4v) is 3.44. The maximum Gasteiger partial charge on any atom is 0.222 e. The van der Waals surface area contributed by atoms with Crippen LogP contribution in [0.15, 0.2) is 48.5 Å². The summed E-state index contributed by atoms with van der Waals surface area (Å²) in [4.78, 5) is 13.7. The molecule has 0 aliphatic carbocycles. The molecule has 1 heterocycles. The van der Waals surface area contributed by atoms with Crippen molar-refractivity contribution in [2.45, 2.75) is 39.2 Å². The average molecular weight is 355 g/mol. The molecule has 2 aromatic carbocycles. The van der Waals surface area contributed by atoms with E-state index < -0.39 is 0 Å². The lowest BCUT2D eigenvalue weighted by molar-refractivity contribution is -0.132. The van der Waals surface area contributed by atoms with Crippen LogP contribution in [-0.2, 0) is 17.8 Å². The molecule has 1 aliphatic heterocycles. The molecule has 0 atom stereocenters. The summed E-state index contributed by atoms with van der Waals surface area (Å²) in [5.74, 6) is 1.17. The summed E-state index contributed by atoms with van der Waals surface area (Å²) >= 11 is 0. The molecule has 0 aromatic heterocycles. The third-order valence-corrected chi connectivity index (χ3v) is 5.02. The van der Waals surface area contributed by atoms with Crippen molar-refractivity contribution in [3.05, 3.63) is 65.5 Å². The topological polar surface area (TPSA) is 29.5 Å². The largest absolute Gasteiger partial charge is 0.489 e. The normalized spacial score (nSPS) is 15.1. The number of amides is 1. The van der Waals surface area contributed by atoms with Gasteiger partial charge in [-0.05, 0) is 48.4 Å². The SMILES string of the molecule is CCC(=O)N1CCC(Cc2ccc(COc3cccc(F)c3)cc2)CC1. The Hall–Kier alpha value is -2.36. The quantitative estimate of drug-likeness (QED) is 0.758. The zero-order valence-electron chi connectivity index (χ0n) is 15.3. The summed E-state index contributed by atoms with van der Waals surface area (Å²) in [5.41, 5.74) is 2.39. The minimum Gasteiger partial charge on any atom is -0.489 e. The third-order valence-electron chi connectivity index (χ3n) is 5.02. The van der Waals surface area contributed by atoms with Crippen LogP contribution in [0.3, 0.4) is 0 Å². The van der Waals surface area contributed by atoms with E-state index in [1.165, 1.54) is 17.7 Å². The zero-order valence-corrected chi connectivity index (χ0v) is 15.3. The lowest BCUT2D eigenvalue weighted by Gasteiger charge is -2.32. The average Bonchev–Trinajstić information content (AvgIpc) is 2.67. The Balaban J connectivity index is 1.47. The van der Waals surface area contributed by atoms with Gasteiger partial charge in [-0.15, -0.1) is 0 Å². The van der Waals surface area contributed by atoms with E-state index in [9.17, 15) is 9.18 Å². The van der Waals surface area contributed by atoms with E-state index in [0.29, 0.717) is 24.7 Å². The second kappa shape index (κ2) is 8.84. The molecule has 1 aliphatic rings. The molecular weight excluding hydrogens is 329 g/mol. The predicted octanol–water partition coefficient (Wildman–Crippen LogP) is 4.60. The first-order valence-electron chi connectivity index (χ1n) is 9.38. The van der Waals surface area contributed by atoms with E-state index in [2.05, 4.69) is 24.3 Å². The van der Waals surface area contributed by atoms with Crippen LogP contribution in [0.2, 0.25) is 0 Å². The van der Waals surface area contributed by atoms with Gasteiger partial charge in [0, 0.05) is 25.6 Å². The standard InChI is InChI=1S/C22H26FNO2/c1-2-22(25)24-12-10-18(11-13-24)14-17-6-8-19(9-7-17)16-26-21-5-3-4-20(23)15-21/h3-9,15,18H,2,10-14,16H2,1H3. The summed E-state index contributed by atoms with van der Waals surface area (Å²) in [6.07, 6.45) is 3.81. The Labute approximate surface area is 154 Å². The van der Waals surface area contributed by atoms with Crippen LogP contribution in [0.4, 0.5) is 4.39 Å². The van der Waals surface area contributed by atoms with Gasteiger partial charge >= 0.3 is 0 Å². The molecule has 138 valence electrons. The van der Waals surface area contributed by atoms with Gasteiger partial charge in [0.1, 0.15) is 18.2 Å².